The number of alkyl halides is 1. The zero-order chi connectivity index (χ0) is 9.97. The van der Waals surface area contributed by atoms with Gasteiger partial charge in [-0.3, -0.25) is 0 Å². The van der Waals surface area contributed by atoms with Crippen LogP contribution in [0.1, 0.15) is 23.7 Å². The first-order valence-electron chi connectivity index (χ1n) is 4.80. The second-order valence-corrected chi connectivity index (χ2v) is 3.85. The van der Waals surface area contributed by atoms with E-state index >= 15 is 0 Å². The summed E-state index contributed by atoms with van der Waals surface area (Å²) in [5.41, 5.74) is 2.36. The predicted octanol–water partition coefficient (Wildman–Crippen LogP) is 2.63. The van der Waals surface area contributed by atoms with Crippen LogP contribution in [-0.4, -0.2) is 17.6 Å². The third-order valence-electron chi connectivity index (χ3n) is 2.54. The van der Waals surface area contributed by atoms with Gasteiger partial charge in [-0.25, -0.2) is 0 Å². The maximum Gasteiger partial charge on any atom is 0.115 e. The Morgan fingerprint density at radius 2 is 2.36 bits per heavy atom. The number of hydrogen-bond acceptors (Lipinski definition) is 2. The summed E-state index contributed by atoms with van der Waals surface area (Å²) in [6.07, 6.45) is 1.82. The number of phenols is 1. The van der Waals surface area contributed by atoms with Crippen molar-refractivity contribution in [3.63, 3.8) is 0 Å². The highest BCUT2D eigenvalue weighted by Gasteiger charge is 2.20. The van der Waals surface area contributed by atoms with E-state index in [4.69, 9.17) is 16.3 Å². The van der Waals surface area contributed by atoms with E-state index in [0.717, 1.165) is 19.4 Å². The Balaban J connectivity index is 2.30. The Kier molecular flexibility index (Phi) is 2.94. The normalized spacial score (nSPS) is 20.5. The van der Waals surface area contributed by atoms with Crippen LogP contribution < -0.4 is 0 Å². The minimum Gasteiger partial charge on any atom is -0.508 e. The van der Waals surface area contributed by atoms with Gasteiger partial charge in [-0.05, 0) is 36.1 Å². The molecule has 0 amide bonds. The third-order valence-corrected chi connectivity index (χ3v) is 2.75. The topological polar surface area (TPSA) is 29.5 Å². The lowest BCUT2D eigenvalue weighted by molar-refractivity contribution is 0.0404. The number of phenolic OH excluding ortho intramolecular Hbond substituents is 1. The molecule has 76 valence electrons. The first-order valence-corrected chi connectivity index (χ1v) is 5.34. The summed E-state index contributed by atoms with van der Waals surface area (Å²) in [5, 5.41) is 9.34. The summed E-state index contributed by atoms with van der Waals surface area (Å²) in [6, 6.07) is 5.45. The average Bonchev–Trinajstić information content (AvgIpc) is 2.18. The molecule has 1 aromatic rings. The van der Waals surface area contributed by atoms with E-state index in [0.29, 0.717) is 11.6 Å². The fourth-order valence-corrected chi connectivity index (χ4v) is 2.06. The molecule has 0 aromatic heterocycles. The molecule has 3 heteroatoms. The number of fused-ring (bicyclic) bond motifs is 1. The number of benzene rings is 1. The second-order valence-electron chi connectivity index (χ2n) is 3.47. The van der Waals surface area contributed by atoms with Crippen LogP contribution in [0.4, 0.5) is 0 Å². The molecule has 1 unspecified atom stereocenters. The zero-order valence-electron chi connectivity index (χ0n) is 7.87. The SMILES string of the molecule is Oc1ccc2c(c1)CCOC2CCCl. The lowest BCUT2D eigenvalue weighted by Crippen LogP contribution is -2.16. The van der Waals surface area contributed by atoms with E-state index in [1.165, 1.54) is 11.1 Å². The summed E-state index contributed by atoms with van der Waals surface area (Å²) in [7, 11) is 0. The Labute approximate surface area is 88.5 Å². The average molecular weight is 213 g/mol. The van der Waals surface area contributed by atoms with Gasteiger partial charge in [0.25, 0.3) is 0 Å². The predicted molar refractivity (Wildman–Crippen MR) is 55.8 cm³/mol. The first kappa shape index (κ1) is 9.81. The van der Waals surface area contributed by atoms with E-state index in [1.807, 2.05) is 12.1 Å². The fraction of sp³-hybridized carbons (Fsp3) is 0.455. The first-order chi connectivity index (χ1) is 6.81. The summed E-state index contributed by atoms with van der Waals surface area (Å²) < 4.78 is 5.62. The van der Waals surface area contributed by atoms with Crippen LogP contribution in [-0.2, 0) is 11.2 Å². The van der Waals surface area contributed by atoms with Crippen LogP contribution in [0, 0.1) is 0 Å². The lowest BCUT2D eigenvalue weighted by Gasteiger charge is -2.25. The molecule has 0 saturated carbocycles. The molecule has 1 aliphatic rings. The highest BCUT2D eigenvalue weighted by molar-refractivity contribution is 6.17. The molecule has 1 aliphatic heterocycles. The molecule has 1 atom stereocenters. The number of rotatable bonds is 2. The van der Waals surface area contributed by atoms with Gasteiger partial charge >= 0.3 is 0 Å². The van der Waals surface area contributed by atoms with Crippen molar-refractivity contribution in [2.45, 2.75) is 18.9 Å². The van der Waals surface area contributed by atoms with Gasteiger partial charge in [0, 0.05) is 5.88 Å². The van der Waals surface area contributed by atoms with Crippen molar-refractivity contribution < 1.29 is 9.84 Å². The number of aromatic hydroxyl groups is 1. The Hall–Kier alpha value is -0.730. The molecule has 0 spiro atoms. The molecule has 1 heterocycles. The van der Waals surface area contributed by atoms with Crippen LogP contribution in [0.2, 0.25) is 0 Å². The van der Waals surface area contributed by atoms with Crippen LogP contribution in [0.3, 0.4) is 0 Å². The molecular formula is C11H13ClO2. The van der Waals surface area contributed by atoms with Crippen molar-refractivity contribution in [1.82, 2.24) is 0 Å². The van der Waals surface area contributed by atoms with Crippen LogP contribution in [0.5, 0.6) is 5.75 Å². The van der Waals surface area contributed by atoms with Crippen LogP contribution in [0.15, 0.2) is 18.2 Å². The van der Waals surface area contributed by atoms with Crippen molar-refractivity contribution in [3.8, 4) is 5.75 Å². The van der Waals surface area contributed by atoms with E-state index in [9.17, 15) is 5.11 Å². The second kappa shape index (κ2) is 4.20. The van der Waals surface area contributed by atoms with Gasteiger partial charge in [-0.2, -0.15) is 0 Å². The highest BCUT2D eigenvalue weighted by Crippen LogP contribution is 2.31. The number of hydrogen-bond donors (Lipinski definition) is 1. The van der Waals surface area contributed by atoms with E-state index in [2.05, 4.69) is 0 Å². The smallest absolute Gasteiger partial charge is 0.115 e. The molecule has 2 nitrogen and oxygen atoms in total. The minimum absolute atomic E-state index is 0.108. The van der Waals surface area contributed by atoms with Gasteiger partial charge in [0.05, 0.1) is 12.7 Å². The molecular weight excluding hydrogens is 200 g/mol. The van der Waals surface area contributed by atoms with Crippen molar-refractivity contribution >= 4 is 11.6 Å². The van der Waals surface area contributed by atoms with Crippen molar-refractivity contribution in [1.29, 1.82) is 0 Å². The summed E-state index contributed by atoms with van der Waals surface area (Å²) >= 11 is 5.70. The molecule has 1 aromatic carbocycles. The minimum atomic E-state index is 0.108. The highest BCUT2D eigenvalue weighted by atomic mass is 35.5. The van der Waals surface area contributed by atoms with Crippen LogP contribution >= 0.6 is 11.6 Å². The van der Waals surface area contributed by atoms with Crippen LogP contribution in [0.25, 0.3) is 0 Å². The van der Waals surface area contributed by atoms with Crippen molar-refractivity contribution in [2.24, 2.45) is 0 Å². The zero-order valence-corrected chi connectivity index (χ0v) is 8.63. The van der Waals surface area contributed by atoms with Gasteiger partial charge in [-0.1, -0.05) is 6.07 Å². The van der Waals surface area contributed by atoms with Gasteiger partial charge in [0.15, 0.2) is 0 Å². The molecule has 1 N–H and O–H groups in total. The Bertz CT molecular complexity index is 325. The molecule has 2 rings (SSSR count). The van der Waals surface area contributed by atoms with Gasteiger partial charge in [0.1, 0.15) is 5.75 Å². The molecule has 0 radical (unpaired) electrons. The lowest BCUT2D eigenvalue weighted by atomic mass is 9.96. The Morgan fingerprint density at radius 1 is 1.50 bits per heavy atom. The van der Waals surface area contributed by atoms with E-state index in [1.54, 1.807) is 6.07 Å². The molecule has 14 heavy (non-hydrogen) atoms. The van der Waals surface area contributed by atoms with E-state index < -0.39 is 0 Å². The fourth-order valence-electron chi connectivity index (χ4n) is 1.86. The maximum absolute atomic E-state index is 9.34. The maximum atomic E-state index is 9.34. The molecule has 0 fully saturated rings. The van der Waals surface area contributed by atoms with Gasteiger partial charge in [-0.15, -0.1) is 11.6 Å². The molecule has 0 saturated heterocycles. The van der Waals surface area contributed by atoms with Gasteiger partial charge < -0.3 is 9.84 Å². The summed E-state index contributed by atoms with van der Waals surface area (Å²) in [5.74, 6) is 0.931. The largest absolute Gasteiger partial charge is 0.508 e. The molecule has 0 aliphatic carbocycles. The Morgan fingerprint density at radius 3 is 3.14 bits per heavy atom. The molecule has 0 bridgehead atoms. The van der Waals surface area contributed by atoms with Gasteiger partial charge in [0.2, 0.25) is 0 Å². The number of halogens is 1. The van der Waals surface area contributed by atoms with Crippen molar-refractivity contribution in [2.75, 3.05) is 12.5 Å². The summed E-state index contributed by atoms with van der Waals surface area (Å²) in [4.78, 5) is 0. The quantitative estimate of drug-likeness (QED) is 0.764. The van der Waals surface area contributed by atoms with E-state index in [-0.39, 0.29) is 6.10 Å². The standard InChI is InChI=1S/C11H13ClO2/c12-5-3-11-10-2-1-9(13)7-8(10)4-6-14-11/h1-2,7,11,13H,3-6H2. The number of ether oxygens (including phenoxy) is 1. The summed E-state index contributed by atoms with van der Waals surface area (Å²) in [6.45, 7) is 0.720. The third kappa shape index (κ3) is 1.86. The monoisotopic (exact) mass is 212 g/mol. The van der Waals surface area contributed by atoms with Crippen molar-refractivity contribution in [3.05, 3.63) is 29.3 Å².